The Morgan fingerprint density at radius 2 is 1.56 bits per heavy atom. The number of aromatic nitrogens is 4. The number of benzene rings is 3. The molecule has 0 saturated carbocycles. The summed E-state index contributed by atoms with van der Waals surface area (Å²) in [6, 6.07) is 15.9. The number of carbonyl (C=O) groups is 1. The molecule has 6 nitrogen and oxygen atoms in total. The van der Waals surface area contributed by atoms with Crippen molar-refractivity contribution in [3.63, 3.8) is 0 Å². The summed E-state index contributed by atoms with van der Waals surface area (Å²) >= 11 is 6.29. The van der Waals surface area contributed by atoms with Crippen LogP contribution >= 0.6 is 11.6 Å². The van der Waals surface area contributed by atoms with Crippen LogP contribution in [0.2, 0.25) is 5.02 Å². The molecule has 220 valence electrons. The van der Waals surface area contributed by atoms with Crippen LogP contribution < -0.4 is 0 Å². The topological polar surface area (TPSA) is 73.8 Å². The maximum atomic E-state index is 13.7. The highest BCUT2D eigenvalue weighted by Crippen LogP contribution is 2.39. The first kappa shape index (κ1) is 29.8. The maximum absolute atomic E-state index is 13.7. The van der Waals surface area contributed by atoms with Crippen molar-refractivity contribution in [1.29, 1.82) is 0 Å². The fourth-order valence-corrected chi connectivity index (χ4v) is 4.74. The van der Waals surface area contributed by atoms with Crippen molar-refractivity contribution in [2.45, 2.75) is 25.3 Å². The van der Waals surface area contributed by atoms with Crippen molar-refractivity contribution in [2.24, 2.45) is 0 Å². The Kier molecular flexibility index (Phi) is 7.98. The first-order valence-electron chi connectivity index (χ1n) is 12.5. The standard InChI is InChI=1S/C30H19ClF6N4O2/c1-2-8-23-24(27(42)21-11-6-7-12-22(21)31)28(43-39-23)25-26(18-9-4-3-5-10-18)41(40-38-25)16-17-13-19(29(32,33)34)15-20(14-17)30(35,36)37/h2-7,9-15H,1,8,16H2. The predicted molar refractivity (Wildman–Crippen MR) is 145 cm³/mol. The Balaban J connectivity index is 1.70. The molecule has 0 spiro atoms. The van der Waals surface area contributed by atoms with E-state index in [1.165, 1.54) is 18.2 Å². The highest BCUT2D eigenvalue weighted by atomic mass is 35.5. The molecular weight excluding hydrogens is 598 g/mol. The summed E-state index contributed by atoms with van der Waals surface area (Å²) in [4.78, 5) is 13.7. The second kappa shape index (κ2) is 11.5. The minimum atomic E-state index is -5.03. The number of nitrogens with zero attached hydrogens (tertiary/aromatic N) is 4. The Hall–Kier alpha value is -4.71. The molecule has 0 saturated heterocycles. The van der Waals surface area contributed by atoms with Gasteiger partial charge < -0.3 is 4.52 Å². The molecule has 5 aromatic rings. The van der Waals surface area contributed by atoms with Gasteiger partial charge in [0.1, 0.15) is 5.69 Å². The fourth-order valence-electron chi connectivity index (χ4n) is 4.52. The van der Waals surface area contributed by atoms with E-state index in [1.807, 2.05) is 0 Å². The van der Waals surface area contributed by atoms with Gasteiger partial charge in [0.05, 0.1) is 34.0 Å². The number of hydrogen-bond donors (Lipinski definition) is 0. The van der Waals surface area contributed by atoms with Crippen LogP contribution in [0.15, 0.2) is 90.0 Å². The lowest BCUT2D eigenvalue weighted by atomic mass is 9.97. The monoisotopic (exact) mass is 616 g/mol. The van der Waals surface area contributed by atoms with Crippen LogP contribution in [0.4, 0.5) is 26.3 Å². The summed E-state index contributed by atoms with van der Waals surface area (Å²) < 4.78 is 87.9. The van der Waals surface area contributed by atoms with Gasteiger partial charge in [-0.15, -0.1) is 11.7 Å². The van der Waals surface area contributed by atoms with Crippen LogP contribution in [0.5, 0.6) is 0 Å². The molecule has 43 heavy (non-hydrogen) atoms. The highest BCUT2D eigenvalue weighted by Gasteiger charge is 2.37. The summed E-state index contributed by atoms with van der Waals surface area (Å²) in [6.07, 6.45) is -8.41. The van der Waals surface area contributed by atoms with E-state index in [1.54, 1.807) is 42.5 Å². The number of allylic oxidation sites excluding steroid dienone is 1. The van der Waals surface area contributed by atoms with E-state index in [4.69, 9.17) is 16.1 Å². The van der Waals surface area contributed by atoms with Gasteiger partial charge in [-0.3, -0.25) is 4.79 Å². The smallest absolute Gasteiger partial charge is 0.353 e. The molecule has 0 N–H and O–H groups in total. The third kappa shape index (κ3) is 6.09. The van der Waals surface area contributed by atoms with Gasteiger partial charge in [0, 0.05) is 17.5 Å². The summed E-state index contributed by atoms with van der Waals surface area (Å²) in [6.45, 7) is 3.16. The number of hydrogen-bond acceptors (Lipinski definition) is 5. The van der Waals surface area contributed by atoms with Crippen LogP contribution in [-0.4, -0.2) is 25.9 Å². The van der Waals surface area contributed by atoms with Crippen LogP contribution in [0.3, 0.4) is 0 Å². The van der Waals surface area contributed by atoms with Crippen LogP contribution in [0, 0.1) is 0 Å². The summed E-state index contributed by atoms with van der Waals surface area (Å²) in [5.41, 5.74) is -2.26. The largest absolute Gasteiger partial charge is 0.416 e. The molecule has 0 aliphatic heterocycles. The minimum Gasteiger partial charge on any atom is -0.353 e. The zero-order valence-electron chi connectivity index (χ0n) is 21.9. The molecule has 0 radical (unpaired) electrons. The van der Waals surface area contributed by atoms with Gasteiger partial charge in [0.15, 0.2) is 11.5 Å². The normalized spacial score (nSPS) is 12.0. The van der Waals surface area contributed by atoms with Crippen molar-refractivity contribution < 1.29 is 35.7 Å². The lowest BCUT2D eigenvalue weighted by Gasteiger charge is -2.15. The van der Waals surface area contributed by atoms with Gasteiger partial charge >= 0.3 is 12.4 Å². The molecule has 2 heterocycles. The summed E-state index contributed by atoms with van der Waals surface area (Å²) in [5.74, 6) is -0.646. The van der Waals surface area contributed by atoms with Crippen molar-refractivity contribution in [1.82, 2.24) is 20.2 Å². The van der Waals surface area contributed by atoms with Gasteiger partial charge in [0.2, 0.25) is 5.76 Å². The zero-order valence-corrected chi connectivity index (χ0v) is 22.6. The van der Waals surface area contributed by atoms with Gasteiger partial charge in [-0.05, 0) is 35.9 Å². The Labute approximate surface area is 245 Å². The second-order valence-electron chi connectivity index (χ2n) is 9.36. The summed E-state index contributed by atoms with van der Waals surface area (Å²) in [7, 11) is 0. The molecule has 0 bridgehead atoms. The molecule has 13 heteroatoms. The first-order chi connectivity index (χ1) is 20.4. The second-order valence-corrected chi connectivity index (χ2v) is 9.77. The van der Waals surface area contributed by atoms with Gasteiger partial charge in [-0.25, -0.2) is 4.68 Å². The van der Waals surface area contributed by atoms with E-state index < -0.39 is 35.8 Å². The molecule has 2 aromatic heterocycles. The third-order valence-corrected chi connectivity index (χ3v) is 6.75. The van der Waals surface area contributed by atoms with Crippen molar-refractivity contribution in [3.8, 4) is 22.7 Å². The molecular formula is C30H19ClF6N4O2. The predicted octanol–water partition coefficient (Wildman–Crippen LogP) is 8.30. The number of carbonyl (C=O) groups excluding carboxylic acids is 1. The number of alkyl halides is 6. The average molecular weight is 617 g/mol. The quantitative estimate of drug-likeness (QED) is 0.0996. The highest BCUT2D eigenvalue weighted by molar-refractivity contribution is 6.35. The van der Waals surface area contributed by atoms with Gasteiger partial charge in [-0.2, -0.15) is 26.3 Å². The molecule has 3 aromatic carbocycles. The number of halogens is 7. The van der Waals surface area contributed by atoms with E-state index in [-0.39, 0.29) is 57.0 Å². The lowest BCUT2D eigenvalue weighted by molar-refractivity contribution is -0.143. The molecule has 5 rings (SSSR count). The fraction of sp³-hybridized carbons (Fsp3) is 0.133. The van der Waals surface area contributed by atoms with Crippen molar-refractivity contribution in [3.05, 3.63) is 124 Å². The maximum Gasteiger partial charge on any atom is 0.416 e. The van der Waals surface area contributed by atoms with E-state index in [0.717, 1.165) is 4.68 Å². The van der Waals surface area contributed by atoms with Crippen LogP contribution in [0.25, 0.3) is 22.7 Å². The minimum absolute atomic E-state index is 0.00700. The average Bonchev–Trinajstić information content (AvgIpc) is 3.56. The summed E-state index contributed by atoms with van der Waals surface area (Å²) in [5, 5.41) is 12.4. The Morgan fingerprint density at radius 3 is 2.16 bits per heavy atom. The number of rotatable bonds is 8. The molecule has 0 unspecified atom stereocenters. The van der Waals surface area contributed by atoms with E-state index >= 15 is 0 Å². The van der Waals surface area contributed by atoms with Gasteiger partial charge in [-0.1, -0.05) is 70.5 Å². The molecule has 0 aliphatic carbocycles. The first-order valence-corrected chi connectivity index (χ1v) is 12.9. The van der Waals surface area contributed by atoms with Crippen molar-refractivity contribution >= 4 is 17.4 Å². The Morgan fingerprint density at radius 1 is 0.930 bits per heavy atom. The van der Waals surface area contributed by atoms with E-state index in [2.05, 4.69) is 22.0 Å². The number of ketones is 1. The SMILES string of the molecule is C=CCc1noc(-c2nnn(Cc3cc(C(F)(F)F)cc(C(F)(F)F)c3)c2-c2ccccc2)c1C(=O)c1ccccc1Cl. The van der Waals surface area contributed by atoms with E-state index in [9.17, 15) is 31.1 Å². The third-order valence-electron chi connectivity index (χ3n) is 6.42. The van der Waals surface area contributed by atoms with E-state index in [0.29, 0.717) is 17.7 Å². The van der Waals surface area contributed by atoms with Crippen LogP contribution in [0.1, 0.15) is 38.3 Å². The van der Waals surface area contributed by atoms with Gasteiger partial charge in [0.25, 0.3) is 0 Å². The molecule has 0 fully saturated rings. The Bertz CT molecular complexity index is 1780. The molecule has 0 atom stereocenters. The zero-order chi connectivity index (χ0) is 30.9. The lowest BCUT2D eigenvalue weighted by Crippen LogP contribution is -2.13. The van der Waals surface area contributed by atoms with Crippen LogP contribution in [-0.2, 0) is 25.3 Å². The molecule has 0 amide bonds. The molecule has 0 aliphatic rings. The van der Waals surface area contributed by atoms with Crippen molar-refractivity contribution in [2.75, 3.05) is 0 Å².